The van der Waals surface area contributed by atoms with Gasteiger partial charge in [-0.25, -0.2) is 0 Å². The zero-order chi connectivity index (χ0) is 13.6. The molecule has 0 saturated heterocycles. The molecule has 1 atom stereocenters. The van der Waals surface area contributed by atoms with E-state index in [1.165, 1.54) is 0 Å². The van der Waals surface area contributed by atoms with E-state index < -0.39 is 0 Å². The molecular weight excluding hydrogens is 224 g/mol. The minimum Gasteiger partial charge on any atom is -0.465 e. The second kappa shape index (κ2) is 6.58. The lowest BCUT2D eigenvalue weighted by Crippen LogP contribution is -2.18. The minimum absolute atomic E-state index is 0.137. The van der Waals surface area contributed by atoms with Gasteiger partial charge in [0.2, 0.25) is 0 Å². The van der Waals surface area contributed by atoms with Crippen LogP contribution < -0.4 is 0 Å². The van der Waals surface area contributed by atoms with Crippen LogP contribution in [0.3, 0.4) is 0 Å². The molecule has 100 valence electrons. The van der Waals surface area contributed by atoms with Crippen molar-refractivity contribution in [3.8, 4) is 0 Å². The van der Waals surface area contributed by atoms with Crippen molar-refractivity contribution in [3.05, 3.63) is 35.9 Å². The average Bonchev–Trinajstić information content (AvgIpc) is 2.25. The number of hydrogen-bond donors (Lipinski definition) is 0. The van der Waals surface area contributed by atoms with Crippen molar-refractivity contribution in [3.63, 3.8) is 0 Å². The summed E-state index contributed by atoms with van der Waals surface area (Å²) in [6.45, 7) is 9.25. The standard InChI is InChI=1S/C16H24O2/c1-13(11-16(2,3)4)12-18-15(17)10-14-8-6-5-7-9-14/h5-9,13H,10-12H2,1-4H3. The van der Waals surface area contributed by atoms with Gasteiger partial charge in [0.1, 0.15) is 0 Å². The van der Waals surface area contributed by atoms with Crippen LogP contribution in [-0.2, 0) is 16.0 Å². The molecule has 0 aliphatic carbocycles. The molecule has 18 heavy (non-hydrogen) atoms. The summed E-state index contributed by atoms with van der Waals surface area (Å²) < 4.78 is 5.31. The van der Waals surface area contributed by atoms with E-state index in [1.54, 1.807) is 0 Å². The molecule has 0 bridgehead atoms. The summed E-state index contributed by atoms with van der Waals surface area (Å²) in [7, 11) is 0. The fourth-order valence-electron chi connectivity index (χ4n) is 2.15. The van der Waals surface area contributed by atoms with Crippen LogP contribution in [0.25, 0.3) is 0 Å². The monoisotopic (exact) mass is 248 g/mol. The van der Waals surface area contributed by atoms with Gasteiger partial charge in [0.15, 0.2) is 0 Å². The van der Waals surface area contributed by atoms with E-state index in [0.29, 0.717) is 18.9 Å². The van der Waals surface area contributed by atoms with Gasteiger partial charge in [0.05, 0.1) is 13.0 Å². The highest BCUT2D eigenvalue weighted by Gasteiger charge is 2.16. The van der Waals surface area contributed by atoms with Gasteiger partial charge >= 0.3 is 5.97 Å². The van der Waals surface area contributed by atoms with Crippen molar-refractivity contribution in [1.82, 2.24) is 0 Å². The van der Waals surface area contributed by atoms with Gasteiger partial charge in [-0.2, -0.15) is 0 Å². The van der Waals surface area contributed by atoms with Gasteiger partial charge in [-0.05, 0) is 23.3 Å². The Morgan fingerprint density at radius 1 is 1.22 bits per heavy atom. The lowest BCUT2D eigenvalue weighted by Gasteiger charge is -2.22. The van der Waals surface area contributed by atoms with Gasteiger partial charge in [-0.3, -0.25) is 4.79 Å². The van der Waals surface area contributed by atoms with Crippen molar-refractivity contribution < 1.29 is 9.53 Å². The minimum atomic E-state index is -0.137. The topological polar surface area (TPSA) is 26.3 Å². The van der Waals surface area contributed by atoms with Crippen LogP contribution in [-0.4, -0.2) is 12.6 Å². The molecule has 0 aromatic heterocycles. The third-order valence-electron chi connectivity index (χ3n) is 2.68. The lowest BCUT2D eigenvalue weighted by atomic mass is 9.86. The van der Waals surface area contributed by atoms with E-state index >= 15 is 0 Å². The fourth-order valence-corrected chi connectivity index (χ4v) is 2.15. The molecule has 0 radical (unpaired) electrons. The first-order valence-corrected chi connectivity index (χ1v) is 6.56. The summed E-state index contributed by atoms with van der Waals surface area (Å²) in [6, 6.07) is 9.70. The van der Waals surface area contributed by atoms with Crippen LogP contribution in [0, 0.1) is 11.3 Å². The number of rotatable bonds is 5. The van der Waals surface area contributed by atoms with E-state index in [0.717, 1.165) is 12.0 Å². The second-order valence-electron chi connectivity index (χ2n) is 6.22. The number of carbonyl (C=O) groups excluding carboxylic acids is 1. The maximum absolute atomic E-state index is 11.7. The zero-order valence-electron chi connectivity index (χ0n) is 11.9. The van der Waals surface area contributed by atoms with Crippen LogP contribution in [0.1, 0.15) is 39.7 Å². The summed E-state index contributed by atoms with van der Waals surface area (Å²) in [5.74, 6) is 0.270. The molecule has 0 N–H and O–H groups in total. The predicted molar refractivity (Wildman–Crippen MR) is 74.3 cm³/mol. The molecule has 1 aromatic carbocycles. The van der Waals surface area contributed by atoms with Gasteiger partial charge in [-0.15, -0.1) is 0 Å². The molecule has 1 unspecified atom stereocenters. The Hall–Kier alpha value is -1.31. The van der Waals surface area contributed by atoms with Crippen LogP contribution in [0.15, 0.2) is 30.3 Å². The Morgan fingerprint density at radius 2 is 1.83 bits per heavy atom. The molecule has 0 aliphatic rings. The van der Waals surface area contributed by atoms with Crippen molar-refractivity contribution in [1.29, 1.82) is 0 Å². The van der Waals surface area contributed by atoms with Gasteiger partial charge in [0.25, 0.3) is 0 Å². The molecule has 0 saturated carbocycles. The highest BCUT2D eigenvalue weighted by Crippen LogP contribution is 2.24. The summed E-state index contributed by atoms with van der Waals surface area (Å²) in [5, 5.41) is 0. The molecule has 0 amide bonds. The molecule has 2 heteroatoms. The number of benzene rings is 1. The van der Waals surface area contributed by atoms with E-state index in [-0.39, 0.29) is 11.4 Å². The number of esters is 1. The van der Waals surface area contributed by atoms with Crippen LogP contribution in [0.5, 0.6) is 0 Å². The van der Waals surface area contributed by atoms with Crippen LogP contribution in [0.2, 0.25) is 0 Å². The SMILES string of the molecule is CC(COC(=O)Cc1ccccc1)CC(C)(C)C. The smallest absolute Gasteiger partial charge is 0.310 e. The zero-order valence-corrected chi connectivity index (χ0v) is 11.9. The van der Waals surface area contributed by atoms with E-state index in [4.69, 9.17) is 4.74 Å². The largest absolute Gasteiger partial charge is 0.465 e. The summed E-state index contributed by atoms with van der Waals surface area (Å²) in [4.78, 5) is 11.7. The highest BCUT2D eigenvalue weighted by atomic mass is 16.5. The quantitative estimate of drug-likeness (QED) is 0.740. The highest BCUT2D eigenvalue weighted by molar-refractivity contribution is 5.72. The molecule has 0 aliphatic heterocycles. The molecular formula is C16H24O2. The first kappa shape index (κ1) is 14.7. The summed E-state index contributed by atoms with van der Waals surface area (Å²) >= 11 is 0. The third kappa shape index (κ3) is 6.43. The van der Waals surface area contributed by atoms with Crippen molar-refractivity contribution in [2.75, 3.05) is 6.61 Å². The van der Waals surface area contributed by atoms with Crippen LogP contribution >= 0.6 is 0 Å². The maximum atomic E-state index is 11.7. The molecule has 0 heterocycles. The number of hydrogen-bond acceptors (Lipinski definition) is 2. The van der Waals surface area contributed by atoms with E-state index in [1.807, 2.05) is 30.3 Å². The summed E-state index contributed by atoms with van der Waals surface area (Å²) in [5.41, 5.74) is 1.29. The molecule has 1 aromatic rings. The predicted octanol–water partition coefficient (Wildman–Crippen LogP) is 3.84. The molecule has 1 rings (SSSR count). The molecule has 2 nitrogen and oxygen atoms in total. The van der Waals surface area contributed by atoms with E-state index in [9.17, 15) is 4.79 Å². The Morgan fingerprint density at radius 3 is 2.39 bits per heavy atom. The third-order valence-corrected chi connectivity index (χ3v) is 2.68. The lowest BCUT2D eigenvalue weighted by molar-refractivity contribution is -0.144. The van der Waals surface area contributed by atoms with E-state index in [2.05, 4.69) is 27.7 Å². The number of ether oxygens (including phenoxy) is 1. The fraction of sp³-hybridized carbons (Fsp3) is 0.562. The van der Waals surface area contributed by atoms with Crippen molar-refractivity contribution >= 4 is 5.97 Å². The van der Waals surface area contributed by atoms with Gasteiger partial charge in [-0.1, -0.05) is 58.0 Å². The first-order chi connectivity index (χ1) is 8.37. The number of carbonyl (C=O) groups is 1. The van der Waals surface area contributed by atoms with Gasteiger partial charge in [0, 0.05) is 0 Å². The Labute approximate surface area is 110 Å². The van der Waals surface area contributed by atoms with Gasteiger partial charge < -0.3 is 4.74 Å². The Balaban J connectivity index is 2.29. The van der Waals surface area contributed by atoms with Crippen molar-refractivity contribution in [2.45, 2.75) is 40.5 Å². The average molecular weight is 248 g/mol. The second-order valence-corrected chi connectivity index (χ2v) is 6.22. The molecule has 0 spiro atoms. The Bertz CT molecular complexity index is 362. The summed E-state index contributed by atoms with van der Waals surface area (Å²) in [6.07, 6.45) is 1.43. The normalized spacial score (nSPS) is 13.1. The first-order valence-electron chi connectivity index (χ1n) is 6.56. The van der Waals surface area contributed by atoms with Crippen molar-refractivity contribution in [2.24, 2.45) is 11.3 Å². The molecule has 0 fully saturated rings. The van der Waals surface area contributed by atoms with Crippen LogP contribution in [0.4, 0.5) is 0 Å². The maximum Gasteiger partial charge on any atom is 0.310 e. The Kier molecular flexibility index (Phi) is 5.39.